The van der Waals surface area contributed by atoms with E-state index in [1.165, 1.54) is 0 Å². The topological polar surface area (TPSA) is 46.9 Å². The zero-order chi connectivity index (χ0) is 13.1. The number of benzene rings is 1. The van der Waals surface area contributed by atoms with E-state index >= 15 is 0 Å². The molecule has 2 rings (SSSR count). The fraction of sp³-hybridized carbons (Fsp3) is 0.231. The first kappa shape index (κ1) is 12.8. The Bertz CT molecular complexity index is 548. The smallest absolute Gasteiger partial charge is 0.270 e. The summed E-state index contributed by atoms with van der Waals surface area (Å²) in [5.74, 6) is -0.120. The normalized spacial score (nSPS) is 12.2. The van der Waals surface area contributed by atoms with Crippen LogP contribution in [0.2, 0.25) is 0 Å². The minimum atomic E-state index is -0.120. The Balaban J connectivity index is 2.08. The molecule has 18 heavy (non-hydrogen) atoms. The Kier molecular flexibility index (Phi) is 3.81. The maximum absolute atomic E-state index is 12.0. The fourth-order valence-corrected chi connectivity index (χ4v) is 1.95. The first-order chi connectivity index (χ1) is 8.58. The number of aromatic nitrogens is 2. The number of nitrogens with one attached hydrogen (secondary N) is 1. The summed E-state index contributed by atoms with van der Waals surface area (Å²) in [6.45, 7) is 1.96. The maximum atomic E-state index is 12.0. The van der Waals surface area contributed by atoms with Crippen molar-refractivity contribution in [2.45, 2.75) is 13.0 Å². The second kappa shape index (κ2) is 5.35. The van der Waals surface area contributed by atoms with Crippen molar-refractivity contribution < 1.29 is 4.79 Å². The lowest BCUT2D eigenvalue weighted by atomic mass is 10.1. The molecule has 1 atom stereocenters. The van der Waals surface area contributed by atoms with Gasteiger partial charge < -0.3 is 9.88 Å². The number of hydrogen-bond donors (Lipinski definition) is 1. The summed E-state index contributed by atoms with van der Waals surface area (Å²) < 4.78 is 2.72. The van der Waals surface area contributed by atoms with Gasteiger partial charge in [0.15, 0.2) is 0 Å². The lowest BCUT2D eigenvalue weighted by Gasteiger charge is -2.14. The summed E-state index contributed by atoms with van der Waals surface area (Å²) in [6, 6.07) is 7.85. The number of carbonyl (C=O) groups excluding carboxylic acids is 1. The molecular weight excluding hydrogens is 294 g/mol. The molecule has 0 radical (unpaired) electrons. The molecule has 1 amide bonds. The van der Waals surface area contributed by atoms with Crippen LogP contribution in [0.15, 0.2) is 41.3 Å². The molecular formula is C13H14BrN3O. The summed E-state index contributed by atoms with van der Waals surface area (Å²) >= 11 is 3.39. The molecule has 0 fully saturated rings. The molecule has 0 bridgehead atoms. The van der Waals surface area contributed by atoms with Crippen LogP contribution < -0.4 is 5.32 Å². The lowest BCUT2D eigenvalue weighted by molar-refractivity contribution is 0.0931. The van der Waals surface area contributed by atoms with Crippen LogP contribution in [0.5, 0.6) is 0 Å². The van der Waals surface area contributed by atoms with E-state index in [0.29, 0.717) is 5.69 Å². The minimum Gasteiger partial charge on any atom is -0.344 e. The highest BCUT2D eigenvalue weighted by Gasteiger charge is 2.13. The number of nitrogens with zero attached hydrogens (tertiary/aromatic N) is 2. The van der Waals surface area contributed by atoms with Gasteiger partial charge in [-0.3, -0.25) is 4.79 Å². The fourth-order valence-electron chi connectivity index (χ4n) is 1.68. The van der Waals surface area contributed by atoms with Crippen molar-refractivity contribution >= 4 is 21.8 Å². The molecule has 1 aromatic carbocycles. The van der Waals surface area contributed by atoms with E-state index in [9.17, 15) is 4.79 Å². The molecule has 1 N–H and O–H groups in total. The first-order valence-electron chi connectivity index (χ1n) is 5.60. The Labute approximate surface area is 114 Å². The van der Waals surface area contributed by atoms with Crippen molar-refractivity contribution in [3.05, 3.63) is 52.5 Å². The molecule has 0 aliphatic rings. The second-order valence-electron chi connectivity index (χ2n) is 4.14. The predicted octanol–water partition coefficient (Wildman–Crippen LogP) is 2.67. The zero-order valence-electron chi connectivity index (χ0n) is 10.2. The number of amides is 1. The maximum Gasteiger partial charge on any atom is 0.270 e. The molecule has 2 aromatic rings. The van der Waals surface area contributed by atoms with Crippen molar-refractivity contribution in [1.29, 1.82) is 0 Å². The number of halogens is 1. The summed E-state index contributed by atoms with van der Waals surface area (Å²) in [6.07, 6.45) is 3.17. The Hall–Kier alpha value is -1.62. The van der Waals surface area contributed by atoms with Crippen LogP contribution in [0, 0.1) is 0 Å². The number of hydrogen-bond acceptors (Lipinski definition) is 2. The molecule has 0 spiro atoms. The van der Waals surface area contributed by atoms with Crippen LogP contribution in [0.1, 0.15) is 29.0 Å². The van der Waals surface area contributed by atoms with E-state index in [4.69, 9.17) is 0 Å². The molecule has 0 aliphatic carbocycles. The molecule has 1 unspecified atom stereocenters. The van der Waals surface area contributed by atoms with Gasteiger partial charge in [0, 0.05) is 11.5 Å². The van der Waals surface area contributed by atoms with Crippen molar-refractivity contribution in [3.63, 3.8) is 0 Å². The summed E-state index contributed by atoms with van der Waals surface area (Å²) in [5, 5.41) is 2.94. The average molecular weight is 308 g/mol. The lowest BCUT2D eigenvalue weighted by Crippen LogP contribution is -2.28. The van der Waals surface area contributed by atoms with Gasteiger partial charge in [0.2, 0.25) is 0 Å². The summed E-state index contributed by atoms with van der Waals surface area (Å²) in [7, 11) is 1.80. The minimum absolute atomic E-state index is 0.0412. The molecule has 0 aliphatic heterocycles. The van der Waals surface area contributed by atoms with Gasteiger partial charge in [-0.25, -0.2) is 4.98 Å². The Morgan fingerprint density at radius 3 is 2.61 bits per heavy atom. The van der Waals surface area contributed by atoms with E-state index in [1.54, 1.807) is 24.1 Å². The SMILES string of the molecule is CC(NC(=O)c1cncn1C)c1ccc(Br)cc1. The highest BCUT2D eigenvalue weighted by molar-refractivity contribution is 9.10. The highest BCUT2D eigenvalue weighted by atomic mass is 79.9. The van der Waals surface area contributed by atoms with Crippen LogP contribution in [0.3, 0.4) is 0 Å². The number of rotatable bonds is 3. The van der Waals surface area contributed by atoms with Crippen molar-refractivity contribution in [1.82, 2.24) is 14.9 Å². The van der Waals surface area contributed by atoms with Crippen LogP contribution in [-0.4, -0.2) is 15.5 Å². The number of imidazole rings is 1. The molecule has 94 valence electrons. The van der Waals surface area contributed by atoms with Gasteiger partial charge in [0.1, 0.15) is 5.69 Å². The van der Waals surface area contributed by atoms with Crippen LogP contribution >= 0.6 is 15.9 Å². The van der Waals surface area contributed by atoms with Gasteiger partial charge in [0.25, 0.3) is 5.91 Å². The van der Waals surface area contributed by atoms with E-state index in [1.807, 2.05) is 31.2 Å². The van der Waals surface area contributed by atoms with E-state index in [2.05, 4.69) is 26.2 Å². The first-order valence-corrected chi connectivity index (χ1v) is 6.40. The third kappa shape index (κ3) is 2.79. The van der Waals surface area contributed by atoms with Crippen molar-refractivity contribution in [2.75, 3.05) is 0 Å². The van der Waals surface area contributed by atoms with Crippen molar-refractivity contribution in [3.8, 4) is 0 Å². The van der Waals surface area contributed by atoms with Gasteiger partial charge >= 0.3 is 0 Å². The third-order valence-corrected chi connectivity index (χ3v) is 3.30. The molecule has 0 saturated carbocycles. The second-order valence-corrected chi connectivity index (χ2v) is 5.05. The Morgan fingerprint density at radius 1 is 1.39 bits per heavy atom. The highest BCUT2D eigenvalue weighted by Crippen LogP contribution is 2.16. The molecule has 5 heteroatoms. The monoisotopic (exact) mass is 307 g/mol. The number of aryl methyl sites for hydroxylation is 1. The van der Waals surface area contributed by atoms with Crippen molar-refractivity contribution in [2.24, 2.45) is 7.05 Å². The van der Waals surface area contributed by atoms with Gasteiger partial charge in [-0.05, 0) is 24.6 Å². The van der Waals surface area contributed by atoms with Crippen LogP contribution in [-0.2, 0) is 7.05 Å². The van der Waals surface area contributed by atoms with E-state index in [-0.39, 0.29) is 11.9 Å². The van der Waals surface area contributed by atoms with Gasteiger partial charge in [-0.15, -0.1) is 0 Å². The standard InChI is InChI=1S/C13H14BrN3O/c1-9(10-3-5-11(14)6-4-10)16-13(18)12-7-15-8-17(12)2/h3-9H,1-2H3,(H,16,18). The largest absolute Gasteiger partial charge is 0.344 e. The number of carbonyl (C=O) groups is 1. The molecule has 1 aromatic heterocycles. The molecule has 1 heterocycles. The van der Waals surface area contributed by atoms with Crippen LogP contribution in [0.25, 0.3) is 0 Å². The van der Waals surface area contributed by atoms with Gasteiger partial charge in [0.05, 0.1) is 18.6 Å². The zero-order valence-corrected chi connectivity index (χ0v) is 11.8. The predicted molar refractivity (Wildman–Crippen MR) is 73.2 cm³/mol. The summed E-state index contributed by atoms with van der Waals surface area (Å²) in [4.78, 5) is 15.9. The summed E-state index contributed by atoms with van der Waals surface area (Å²) in [5.41, 5.74) is 1.62. The molecule has 0 saturated heterocycles. The van der Waals surface area contributed by atoms with Crippen LogP contribution in [0.4, 0.5) is 0 Å². The Morgan fingerprint density at radius 2 is 2.06 bits per heavy atom. The quantitative estimate of drug-likeness (QED) is 0.947. The van der Waals surface area contributed by atoms with Gasteiger partial charge in [-0.1, -0.05) is 28.1 Å². The molecule has 4 nitrogen and oxygen atoms in total. The van der Waals surface area contributed by atoms with E-state index < -0.39 is 0 Å². The van der Waals surface area contributed by atoms with E-state index in [0.717, 1.165) is 10.0 Å². The third-order valence-electron chi connectivity index (χ3n) is 2.77. The average Bonchev–Trinajstić information content (AvgIpc) is 2.76. The van der Waals surface area contributed by atoms with Gasteiger partial charge in [-0.2, -0.15) is 0 Å².